The van der Waals surface area contributed by atoms with Gasteiger partial charge in [0.05, 0.1) is 32.2 Å². The van der Waals surface area contributed by atoms with Crippen molar-refractivity contribution in [2.75, 3.05) is 20.8 Å². The maximum Gasteiger partial charge on any atom is 0.328 e. The van der Waals surface area contributed by atoms with E-state index in [2.05, 4.69) is 15.0 Å². The number of hydrogen-bond donors (Lipinski definition) is 1. The SMILES string of the molecule is COCCn1c(=O)[nH]c2nc(-c3ccc(OC)cc3)cnc21. The Morgan fingerprint density at radius 1 is 1.23 bits per heavy atom. The molecule has 7 heteroatoms. The summed E-state index contributed by atoms with van der Waals surface area (Å²) in [6, 6.07) is 7.50. The van der Waals surface area contributed by atoms with Crippen molar-refractivity contribution in [1.82, 2.24) is 19.5 Å². The number of aromatic nitrogens is 4. The van der Waals surface area contributed by atoms with Gasteiger partial charge in [0.2, 0.25) is 0 Å². The summed E-state index contributed by atoms with van der Waals surface area (Å²) in [5.74, 6) is 0.775. The summed E-state index contributed by atoms with van der Waals surface area (Å²) in [7, 11) is 3.21. The highest BCUT2D eigenvalue weighted by atomic mass is 16.5. The fraction of sp³-hybridized carbons (Fsp3) is 0.267. The van der Waals surface area contributed by atoms with Gasteiger partial charge < -0.3 is 9.47 Å². The lowest BCUT2D eigenvalue weighted by molar-refractivity contribution is 0.187. The molecule has 0 spiro atoms. The first-order valence-corrected chi connectivity index (χ1v) is 6.82. The largest absolute Gasteiger partial charge is 0.497 e. The van der Waals surface area contributed by atoms with Crippen LogP contribution < -0.4 is 10.4 Å². The lowest BCUT2D eigenvalue weighted by Crippen LogP contribution is -2.19. The van der Waals surface area contributed by atoms with Crippen LogP contribution >= 0.6 is 0 Å². The normalized spacial score (nSPS) is 11.0. The van der Waals surface area contributed by atoms with Crippen LogP contribution in [0.25, 0.3) is 22.6 Å². The Kier molecular flexibility index (Phi) is 3.88. The molecule has 0 aliphatic rings. The number of nitrogens with one attached hydrogen (secondary N) is 1. The Morgan fingerprint density at radius 3 is 2.68 bits per heavy atom. The number of fused-ring (bicyclic) bond motifs is 1. The molecule has 0 radical (unpaired) electrons. The molecule has 0 atom stereocenters. The van der Waals surface area contributed by atoms with Crippen LogP contribution in [0.15, 0.2) is 35.3 Å². The van der Waals surface area contributed by atoms with Crippen LogP contribution in [0.2, 0.25) is 0 Å². The third-order valence-corrected chi connectivity index (χ3v) is 3.38. The number of benzene rings is 1. The van der Waals surface area contributed by atoms with E-state index in [0.717, 1.165) is 11.3 Å². The minimum absolute atomic E-state index is 0.237. The van der Waals surface area contributed by atoms with Crippen molar-refractivity contribution in [3.63, 3.8) is 0 Å². The number of hydrogen-bond acceptors (Lipinski definition) is 5. The van der Waals surface area contributed by atoms with Crippen molar-refractivity contribution in [2.24, 2.45) is 0 Å². The molecular weight excluding hydrogens is 284 g/mol. The van der Waals surface area contributed by atoms with E-state index >= 15 is 0 Å². The van der Waals surface area contributed by atoms with E-state index in [4.69, 9.17) is 9.47 Å². The molecule has 0 saturated heterocycles. The van der Waals surface area contributed by atoms with E-state index in [-0.39, 0.29) is 5.69 Å². The first-order chi connectivity index (χ1) is 10.7. The van der Waals surface area contributed by atoms with Crippen LogP contribution in [0.1, 0.15) is 0 Å². The fourth-order valence-electron chi connectivity index (χ4n) is 2.22. The molecule has 1 aromatic carbocycles. The number of methoxy groups -OCH3 is 2. The van der Waals surface area contributed by atoms with Gasteiger partial charge in [-0.15, -0.1) is 0 Å². The van der Waals surface area contributed by atoms with Gasteiger partial charge >= 0.3 is 5.69 Å². The van der Waals surface area contributed by atoms with Gasteiger partial charge in [0, 0.05) is 12.7 Å². The van der Waals surface area contributed by atoms with Crippen LogP contribution in [-0.4, -0.2) is 40.3 Å². The summed E-state index contributed by atoms with van der Waals surface area (Å²) in [4.78, 5) is 23.5. The summed E-state index contributed by atoms with van der Waals surface area (Å²) in [6.45, 7) is 0.876. The second kappa shape index (κ2) is 5.98. The molecule has 3 rings (SSSR count). The topological polar surface area (TPSA) is 82.0 Å². The average molecular weight is 300 g/mol. The molecule has 22 heavy (non-hydrogen) atoms. The highest BCUT2D eigenvalue weighted by Gasteiger charge is 2.10. The van der Waals surface area contributed by atoms with E-state index in [1.807, 2.05) is 24.3 Å². The molecule has 114 valence electrons. The van der Waals surface area contributed by atoms with Gasteiger partial charge in [-0.05, 0) is 24.3 Å². The summed E-state index contributed by atoms with van der Waals surface area (Å²) >= 11 is 0. The van der Waals surface area contributed by atoms with Crippen molar-refractivity contribution in [3.05, 3.63) is 40.9 Å². The highest BCUT2D eigenvalue weighted by Crippen LogP contribution is 2.21. The Morgan fingerprint density at radius 2 is 2.00 bits per heavy atom. The molecule has 0 saturated carbocycles. The third-order valence-electron chi connectivity index (χ3n) is 3.38. The van der Waals surface area contributed by atoms with Crippen LogP contribution in [0.3, 0.4) is 0 Å². The van der Waals surface area contributed by atoms with Gasteiger partial charge in [0.1, 0.15) is 5.75 Å². The van der Waals surface area contributed by atoms with Crippen molar-refractivity contribution < 1.29 is 9.47 Å². The van der Waals surface area contributed by atoms with E-state index in [9.17, 15) is 4.79 Å². The first-order valence-electron chi connectivity index (χ1n) is 6.82. The molecule has 0 aliphatic heterocycles. The van der Waals surface area contributed by atoms with Gasteiger partial charge in [-0.25, -0.2) is 14.8 Å². The second-order valence-electron chi connectivity index (χ2n) is 4.73. The minimum atomic E-state index is -0.237. The Labute approximate surface area is 126 Å². The van der Waals surface area contributed by atoms with E-state index < -0.39 is 0 Å². The Balaban J connectivity index is 2.01. The molecule has 1 N–H and O–H groups in total. The zero-order valence-corrected chi connectivity index (χ0v) is 12.4. The van der Waals surface area contributed by atoms with Gasteiger partial charge in [0.25, 0.3) is 0 Å². The number of ether oxygens (including phenoxy) is 2. The maximum absolute atomic E-state index is 11.9. The molecule has 2 heterocycles. The van der Waals surface area contributed by atoms with Gasteiger partial charge in [-0.3, -0.25) is 9.55 Å². The summed E-state index contributed by atoms with van der Waals surface area (Å²) in [5, 5.41) is 0. The molecular formula is C15H16N4O3. The number of aromatic amines is 1. The third kappa shape index (κ3) is 2.58. The van der Waals surface area contributed by atoms with Crippen molar-refractivity contribution in [1.29, 1.82) is 0 Å². The van der Waals surface area contributed by atoms with Crippen LogP contribution in [0.5, 0.6) is 5.75 Å². The molecule has 7 nitrogen and oxygen atoms in total. The second-order valence-corrected chi connectivity index (χ2v) is 4.73. The van der Waals surface area contributed by atoms with Gasteiger partial charge in [0.15, 0.2) is 11.3 Å². The van der Waals surface area contributed by atoms with Crippen LogP contribution in [0, 0.1) is 0 Å². The Hall–Kier alpha value is -2.67. The monoisotopic (exact) mass is 300 g/mol. The van der Waals surface area contributed by atoms with Crippen molar-refractivity contribution >= 4 is 11.3 Å². The zero-order valence-electron chi connectivity index (χ0n) is 12.4. The molecule has 0 aliphatic carbocycles. The fourth-order valence-corrected chi connectivity index (χ4v) is 2.22. The van der Waals surface area contributed by atoms with E-state index in [1.54, 1.807) is 20.4 Å². The predicted molar refractivity (Wildman–Crippen MR) is 82.0 cm³/mol. The number of rotatable bonds is 5. The van der Waals surface area contributed by atoms with Gasteiger partial charge in [-0.1, -0.05) is 0 Å². The minimum Gasteiger partial charge on any atom is -0.497 e. The molecule has 3 aromatic rings. The molecule has 0 unspecified atom stereocenters. The number of H-pyrrole nitrogens is 1. The molecule has 2 aromatic heterocycles. The molecule has 0 amide bonds. The number of nitrogens with zero attached hydrogens (tertiary/aromatic N) is 3. The van der Waals surface area contributed by atoms with E-state index in [0.29, 0.717) is 30.1 Å². The summed E-state index contributed by atoms with van der Waals surface area (Å²) in [6.07, 6.45) is 1.65. The maximum atomic E-state index is 11.9. The molecule has 0 bridgehead atoms. The highest BCUT2D eigenvalue weighted by molar-refractivity contribution is 5.70. The Bertz CT molecular complexity index is 836. The average Bonchev–Trinajstić information content (AvgIpc) is 2.87. The van der Waals surface area contributed by atoms with Gasteiger partial charge in [-0.2, -0.15) is 0 Å². The molecule has 0 fully saturated rings. The first kappa shape index (κ1) is 14.3. The van der Waals surface area contributed by atoms with Crippen molar-refractivity contribution in [3.8, 4) is 17.0 Å². The lowest BCUT2D eigenvalue weighted by Gasteiger charge is -2.04. The quantitative estimate of drug-likeness (QED) is 0.771. The summed E-state index contributed by atoms with van der Waals surface area (Å²) in [5.41, 5.74) is 2.35. The van der Waals surface area contributed by atoms with E-state index in [1.165, 1.54) is 4.57 Å². The zero-order chi connectivity index (χ0) is 15.5. The lowest BCUT2D eigenvalue weighted by atomic mass is 10.1. The summed E-state index contributed by atoms with van der Waals surface area (Å²) < 4.78 is 11.7. The smallest absolute Gasteiger partial charge is 0.328 e. The van der Waals surface area contributed by atoms with Crippen molar-refractivity contribution in [2.45, 2.75) is 6.54 Å². The number of imidazole rings is 1. The standard InChI is InChI=1S/C15H16N4O3/c1-21-8-7-19-14-13(18-15(19)20)17-12(9-16-14)10-3-5-11(22-2)6-4-10/h3-6,9H,7-8H2,1-2H3,(H,17,18,20). The predicted octanol–water partition coefficient (Wildman–Crippen LogP) is 1.44. The van der Waals surface area contributed by atoms with Crippen LogP contribution in [0.4, 0.5) is 0 Å². The van der Waals surface area contributed by atoms with Crippen LogP contribution in [-0.2, 0) is 11.3 Å².